The average molecular weight is 284 g/mol. The van der Waals surface area contributed by atoms with Gasteiger partial charge >= 0.3 is 18.0 Å². The third-order valence-corrected chi connectivity index (χ3v) is 3.25. The molecule has 1 aliphatic heterocycles. The Kier molecular flexibility index (Phi) is 6.02. The highest BCUT2D eigenvalue weighted by Crippen LogP contribution is 2.19. The lowest BCUT2D eigenvalue weighted by molar-refractivity contribution is -0.146. The number of piperidine rings is 1. The first-order chi connectivity index (χ1) is 9.49. The molecule has 0 aliphatic carbocycles. The SMILES string of the molecule is C=CCN(CC(=O)O)C(=O)N1CCC(C(=O)OC)CC1. The summed E-state index contributed by atoms with van der Waals surface area (Å²) >= 11 is 0. The van der Waals surface area contributed by atoms with Gasteiger partial charge in [-0.15, -0.1) is 6.58 Å². The number of rotatable bonds is 5. The van der Waals surface area contributed by atoms with Crippen LogP contribution in [0.4, 0.5) is 4.79 Å². The predicted octanol–water partition coefficient (Wildman–Crippen LogP) is 0.564. The van der Waals surface area contributed by atoms with Crippen molar-refractivity contribution in [2.75, 3.05) is 33.3 Å². The Hall–Kier alpha value is -2.05. The zero-order valence-corrected chi connectivity index (χ0v) is 11.6. The van der Waals surface area contributed by atoms with Gasteiger partial charge in [0.25, 0.3) is 0 Å². The maximum Gasteiger partial charge on any atom is 0.323 e. The van der Waals surface area contributed by atoms with Crippen LogP contribution in [0.15, 0.2) is 12.7 Å². The number of carbonyl (C=O) groups is 3. The van der Waals surface area contributed by atoms with E-state index < -0.39 is 5.97 Å². The summed E-state index contributed by atoms with van der Waals surface area (Å²) in [5, 5.41) is 8.80. The van der Waals surface area contributed by atoms with Crippen LogP contribution in [0.25, 0.3) is 0 Å². The lowest BCUT2D eigenvalue weighted by Gasteiger charge is -2.34. The number of amides is 2. The van der Waals surface area contributed by atoms with Crippen molar-refractivity contribution in [3.8, 4) is 0 Å². The minimum atomic E-state index is -1.07. The Bertz CT molecular complexity index is 388. The minimum absolute atomic E-state index is 0.183. The number of hydrogen-bond donors (Lipinski definition) is 1. The van der Waals surface area contributed by atoms with Crippen LogP contribution in [-0.4, -0.2) is 66.2 Å². The molecule has 0 aromatic heterocycles. The van der Waals surface area contributed by atoms with E-state index in [2.05, 4.69) is 11.3 Å². The number of nitrogens with zero attached hydrogens (tertiary/aromatic N) is 2. The molecule has 1 heterocycles. The quantitative estimate of drug-likeness (QED) is 0.589. The monoisotopic (exact) mass is 284 g/mol. The van der Waals surface area contributed by atoms with Gasteiger partial charge in [-0.25, -0.2) is 4.79 Å². The van der Waals surface area contributed by atoms with Crippen LogP contribution in [0.2, 0.25) is 0 Å². The van der Waals surface area contributed by atoms with Gasteiger partial charge in [-0.1, -0.05) is 6.08 Å². The fraction of sp³-hybridized carbons (Fsp3) is 0.615. The number of esters is 1. The number of hydrogen-bond acceptors (Lipinski definition) is 4. The summed E-state index contributed by atoms with van der Waals surface area (Å²) in [5.41, 5.74) is 0. The molecule has 1 saturated heterocycles. The maximum atomic E-state index is 12.2. The molecule has 0 unspecified atom stereocenters. The summed E-state index contributed by atoms with van der Waals surface area (Å²) in [7, 11) is 1.35. The number of aliphatic carboxylic acids is 1. The number of urea groups is 1. The van der Waals surface area contributed by atoms with E-state index >= 15 is 0 Å². The zero-order chi connectivity index (χ0) is 15.1. The molecule has 7 heteroatoms. The van der Waals surface area contributed by atoms with E-state index in [1.807, 2.05) is 0 Å². The van der Waals surface area contributed by atoms with Gasteiger partial charge < -0.3 is 19.6 Å². The van der Waals surface area contributed by atoms with Crippen molar-refractivity contribution in [1.29, 1.82) is 0 Å². The lowest BCUT2D eigenvalue weighted by atomic mass is 9.97. The second-order valence-electron chi connectivity index (χ2n) is 4.63. The van der Waals surface area contributed by atoms with Gasteiger partial charge in [-0.3, -0.25) is 9.59 Å². The smallest absolute Gasteiger partial charge is 0.323 e. The molecule has 1 N–H and O–H groups in total. The van der Waals surface area contributed by atoms with E-state index in [-0.39, 0.29) is 31.0 Å². The number of carbonyl (C=O) groups excluding carboxylic acids is 2. The summed E-state index contributed by atoms with van der Waals surface area (Å²) in [6, 6.07) is -0.337. The van der Waals surface area contributed by atoms with Gasteiger partial charge in [0, 0.05) is 19.6 Å². The van der Waals surface area contributed by atoms with E-state index in [1.54, 1.807) is 4.90 Å². The Morgan fingerprint density at radius 2 is 2.00 bits per heavy atom. The number of carboxylic acid groups (broad SMARTS) is 1. The van der Waals surface area contributed by atoms with Crippen molar-refractivity contribution in [3.63, 3.8) is 0 Å². The summed E-state index contributed by atoms with van der Waals surface area (Å²) in [6.07, 6.45) is 2.56. The average Bonchev–Trinajstić information content (AvgIpc) is 2.45. The molecule has 1 aliphatic rings. The van der Waals surface area contributed by atoms with Gasteiger partial charge in [-0.2, -0.15) is 0 Å². The molecule has 0 bridgehead atoms. The second-order valence-corrected chi connectivity index (χ2v) is 4.63. The fourth-order valence-electron chi connectivity index (χ4n) is 2.20. The van der Waals surface area contributed by atoms with Crippen molar-refractivity contribution in [1.82, 2.24) is 9.80 Å². The van der Waals surface area contributed by atoms with Crippen molar-refractivity contribution < 1.29 is 24.2 Å². The first-order valence-electron chi connectivity index (χ1n) is 6.44. The summed E-state index contributed by atoms with van der Waals surface area (Å²) in [4.78, 5) is 37.1. The van der Waals surface area contributed by atoms with Crippen molar-refractivity contribution in [2.24, 2.45) is 5.92 Å². The van der Waals surface area contributed by atoms with Crippen LogP contribution in [0.3, 0.4) is 0 Å². The summed E-state index contributed by atoms with van der Waals surface area (Å²) < 4.78 is 4.68. The topological polar surface area (TPSA) is 87.2 Å². The normalized spacial score (nSPS) is 15.6. The number of likely N-dealkylation sites (tertiary alicyclic amines) is 1. The minimum Gasteiger partial charge on any atom is -0.480 e. The molecule has 0 aromatic rings. The van der Waals surface area contributed by atoms with Gasteiger partial charge in [0.15, 0.2) is 0 Å². The third-order valence-electron chi connectivity index (χ3n) is 3.25. The van der Waals surface area contributed by atoms with Crippen molar-refractivity contribution >= 4 is 18.0 Å². The van der Waals surface area contributed by atoms with Gasteiger partial charge in [0.05, 0.1) is 13.0 Å². The summed E-state index contributed by atoms with van der Waals surface area (Å²) in [6.45, 7) is 4.18. The Morgan fingerprint density at radius 1 is 1.40 bits per heavy atom. The van der Waals surface area contributed by atoms with Gasteiger partial charge in [0.2, 0.25) is 0 Å². The zero-order valence-electron chi connectivity index (χ0n) is 11.6. The summed E-state index contributed by atoms with van der Waals surface area (Å²) in [5.74, 6) is -1.51. The highest BCUT2D eigenvalue weighted by Gasteiger charge is 2.30. The number of methoxy groups -OCH3 is 1. The fourth-order valence-corrected chi connectivity index (χ4v) is 2.20. The number of ether oxygens (including phenoxy) is 1. The molecule has 7 nitrogen and oxygen atoms in total. The van der Waals surface area contributed by atoms with Crippen LogP contribution in [0, 0.1) is 5.92 Å². The highest BCUT2D eigenvalue weighted by atomic mass is 16.5. The molecule has 2 amide bonds. The standard InChI is InChI=1S/C13H20N2O5/c1-3-6-15(9-11(16)17)13(19)14-7-4-10(5-8-14)12(18)20-2/h3,10H,1,4-9H2,2H3,(H,16,17). The van der Waals surface area contributed by atoms with Gasteiger partial charge in [0.1, 0.15) is 6.54 Å². The molecule has 0 spiro atoms. The van der Waals surface area contributed by atoms with E-state index in [0.717, 1.165) is 0 Å². The Balaban J connectivity index is 2.57. The lowest BCUT2D eigenvalue weighted by Crippen LogP contribution is -2.49. The van der Waals surface area contributed by atoms with Crippen LogP contribution in [0.5, 0.6) is 0 Å². The molecule has 1 rings (SSSR count). The maximum absolute atomic E-state index is 12.2. The molecular formula is C13H20N2O5. The Morgan fingerprint density at radius 3 is 2.45 bits per heavy atom. The largest absolute Gasteiger partial charge is 0.480 e. The van der Waals surface area contributed by atoms with Crippen LogP contribution in [-0.2, 0) is 14.3 Å². The van der Waals surface area contributed by atoms with E-state index in [9.17, 15) is 14.4 Å². The van der Waals surface area contributed by atoms with Crippen LogP contribution >= 0.6 is 0 Å². The Labute approximate surface area is 117 Å². The molecule has 20 heavy (non-hydrogen) atoms. The molecular weight excluding hydrogens is 264 g/mol. The van der Waals surface area contributed by atoms with E-state index in [4.69, 9.17) is 5.11 Å². The highest BCUT2D eigenvalue weighted by molar-refractivity contribution is 5.80. The predicted molar refractivity (Wildman–Crippen MR) is 71.1 cm³/mol. The van der Waals surface area contributed by atoms with Crippen LogP contribution in [0.1, 0.15) is 12.8 Å². The molecule has 0 aromatic carbocycles. The van der Waals surface area contributed by atoms with E-state index in [0.29, 0.717) is 25.9 Å². The van der Waals surface area contributed by atoms with E-state index in [1.165, 1.54) is 18.1 Å². The van der Waals surface area contributed by atoms with Crippen LogP contribution < -0.4 is 0 Å². The number of carboxylic acids is 1. The second kappa shape index (κ2) is 7.52. The first kappa shape index (κ1) is 16.0. The van der Waals surface area contributed by atoms with Crippen molar-refractivity contribution in [3.05, 3.63) is 12.7 Å². The third kappa shape index (κ3) is 4.25. The molecule has 0 radical (unpaired) electrons. The molecule has 112 valence electrons. The first-order valence-corrected chi connectivity index (χ1v) is 6.44. The molecule has 1 fully saturated rings. The molecule has 0 saturated carbocycles. The molecule has 0 atom stereocenters. The van der Waals surface area contributed by atoms with Gasteiger partial charge in [-0.05, 0) is 12.8 Å². The van der Waals surface area contributed by atoms with Crippen molar-refractivity contribution in [2.45, 2.75) is 12.8 Å².